The highest BCUT2D eigenvalue weighted by atomic mass is 32.1. The van der Waals surface area contributed by atoms with Crippen LogP contribution in [0.25, 0.3) is 10.9 Å². The molecule has 28 heavy (non-hydrogen) atoms. The average molecular weight is 398 g/mol. The van der Waals surface area contributed by atoms with Crippen molar-refractivity contribution in [3.05, 3.63) is 52.3 Å². The van der Waals surface area contributed by atoms with Gasteiger partial charge in [0.2, 0.25) is 5.91 Å². The Morgan fingerprint density at radius 1 is 1.32 bits per heavy atom. The van der Waals surface area contributed by atoms with E-state index in [2.05, 4.69) is 57.0 Å². The zero-order valence-corrected chi connectivity index (χ0v) is 17.5. The van der Waals surface area contributed by atoms with Crippen molar-refractivity contribution in [3.8, 4) is 5.75 Å². The number of aryl methyl sites for hydroxylation is 1. The molecular formula is C22H27N3O2S. The molecule has 0 bridgehead atoms. The van der Waals surface area contributed by atoms with E-state index in [0.717, 1.165) is 25.4 Å². The van der Waals surface area contributed by atoms with Crippen molar-refractivity contribution in [2.45, 2.75) is 31.8 Å². The number of ether oxygens (including phenoxy) is 1. The van der Waals surface area contributed by atoms with Gasteiger partial charge in [0.05, 0.1) is 7.11 Å². The van der Waals surface area contributed by atoms with Crippen molar-refractivity contribution in [1.82, 2.24) is 14.8 Å². The van der Waals surface area contributed by atoms with Crippen LogP contribution in [0.1, 0.15) is 30.4 Å². The number of thiophene rings is 1. The molecule has 1 N–H and O–H groups in total. The van der Waals surface area contributed by atoms with Crippen molar-refractivity contribution < 1.29 is 9.53 Å². The zero-order chi connectivity index (χ0) is 19.7. The van der Waals surface area contributed by atoms with E-state index in [1.807, 2.05) is 13.0 Å². The Kier molecular flexibility index (Phi) is 5.42. The quantitative estimate of drug-likeness (QED) is 0.689. The van der Waals surface area contributed by atoms with Gasteiger partial charge in [0.25, 0.3) is 0 Å². The van der Waals surface area contributed by atoms with Gasteiger partial charge in [0.1, 0.15) is 5.75 Å². The fraction of sp³-hybridized carbons (Fsp3) is 0.409. The topological polar surface area (TPSA) is 46.5 Å². The van der Waals surface area contributed by atoms with Gasteiger partial charge in [0.15, 0.2) is 0 Å². The van der Waals surface area contributed by atoms with E-state index < -0.39 is 0 Å². The third-order valence-electron chi connectivity index (χ3n) is 5.68. The van der Waals surface area contributed by atoms with Crippen LogP contribution in [-0.4, -0.2) is 41.6 Å². The lowest BCUT2D eigenvalue weighted by atomic mass is 9.93. The highest BCUT2D eigenvalue weighted by molar-refractivity contribution is 7.07. The number of likely N-dealkylation sites (tertiary alicyclic amines) is 1. The molecule has 2 atom stereocenters. The molecule has 0 radical (unpaired) electrons. The van der Waals surface area contributed by atoms with Gasteiger partial charge in [-0.3, -0.25) is 9.69 Å². The molecule has 0 unspecified atom stereocenters. The lowest BCUT2D eigenvalue weighted by molar-refractivity contribution is -0.121. The minimum absolute atomic E-state index is 0.114. The summed E-state index contributed by atoms with van der Waals surface area (Å²) in [6.07, 6.45) is 2.73. The normalized spacial score (nSPS) is 20.0. The highest BCUT2D eigenvalue weighted by Gasteiger charge is 2.36. The SMILES string of the molecule is CCC(=O)N[C@H]1CN(Cc2ccsc2)C[C@@H]1c1cn(C)c2ccc(OC)cc12. The number of fused-ring (bicyclic) bond motifs is 1. The minimum Gasteiger partial charge on any atom is -0.497 e. The fourth-order valence-corrected chi connectivity index (χ4v) is 4.91. The smallest absolute Gasteiger partial charge is 0.219 e. The second-order valence-electron chi connectivity index (χ2n) is 7.54. The van der Waals surface area contributed by atoms with Crippen molar-refractivity contribution in [1.29, 1.82) is 0 Å². The van der Waals surface area contributed by atoms with E-state index in [4.69, 9.17) is 4.74 Å². The van der Waals surface area contributed by atoms with Gasteiger partial charge in [-0.1, -0.05) is 6.92 Å². The van der Waals surface area contributed by atoms with Crippen LogP contribution in [0.3, 0.4) is 0 Å². The summed E-state index contributed by atoms with van der Waals surface area (Å²) in [6.45, 7) is 4.63. The van der Waals surface area contributed by atoms with E-state index in [9.17, 15) is 4.79 Å². The number of nitrogens with one attached hydrogen (secondary N) is 1. The predicted molar refractivity (Wildman–Crippen MR) is 114 cm³/mol. The summed E-state index contributed by atoms with van der Waals surface area (Å²) in [5.74, 6) is 1.23. The molecule has 4 rings (SSSR count). The number of nitrogens with zero attached hydrogens (tertiary/aromatic N) is 2. The Balaban J connectivity index is 1.68. The Morgan fingerprint density at radius 2 is 2.18 bits per heavy atom. The van der Waals surface area contributed by atoms with Crippen LogP contribution in [-0.2, 0) is 18.4 Å². The van der Waals surface area contributed by atoms with Crippen LogP contribution in [0.5, 0.6) is 5.75 Å². The second-order valence-corrected chi connectivity index (χ2v) is 8.32. The molecule has 0 saturated carbocycles. The van der Waals surface area contributed by atoms with Crippen molar-refractivity contribution in [2.24, 2.45) is 7.05 Å². The summed E-state index contributed by atoms with van der Waals surface area (Å²) >= 11 is 1.73. The summed E-state index contributed by atoms with van der Waals surface area (Å²) in [4.78, 5) is 14.6. The van der Waals surface area contributed by atoms with Gasteiger partial charge in [-0.15, -0.1) is 0 Å². The standard InChI is InChI=1S/C22H27N3O2S/c1-4-22(26)23-20-13-25(10-15-7-8-28-14-15)12-19(20)18-11-24(2)21-6-5-16(27-3)9-17(18)21/h5-9,11,14,19-20H,4,10,12-13H2,1-3H3,(H,23,26)/t19-,20+/m1/s1. The molecule has 1 aliphatic rings. The number of amides is 1. The molecule has 1 fully saturated rings. The first-order valence-corrected chi connectivity index (χ1v) is 10.7. The Morgan fingerprint density at radius 3 is 2.89 bits per heavy atom. The molecular weight excluding hydrogens is 370 g/mol. The lowest BCUT2D eigenvalue weighted by Crippen LogP contribution is -2.39. The molecule has 1 aromatic carbocycles. The second kappa shape index (κ2) is 7.97. The third-order valence-corrected chi connectivity index (χ3v) is 6.41. The number of carbonyl (C=O) groups is 1. The third kappa shape index (κ3) is 3.66. The van der Waals surface area contributed by atoms with Crippen LogP contribution >= 0.6 is 11.3 Å². The summed E-state index contributed by atoms with van der Waals surface area (Å²) in [5, 5.41) is 8.80. The van der Waals surface area contributed by atoms with Gasteiger partial charge < -0.3 is 14.6 Å². The number of carbonyl (C=O) groups excluding carboxylic acids is 1. The van der Waals surface area contributed by atoms with Gasteiger partial charge in [-0.25, -0.2) is 0 Å². The molecule has 2 aromatic heterocycles. The molecule has 1 saturated heterocycles. The van der Waals surface area contributed by atoms with E-state index in [1.54, 1.807) is 18.4 Å². The van der Waals surface area contributed by atoms with Crippen molar-refractivity contribution in [3.63, 3.8) is 0 Å². The summed E-state index contributed by atoms with van der Waals surface area (Å²) in [6, 6.07) is 8.52. The number of hydrogen-bond donors (Lipinski definition) is 1. The fourth-order valence-electron chi connectivity index (χ4n) is 4.25. The molecule has 6 heteroatoms. The number of benzene rings is 1. The van der Waals surface area contributed by atoms with E-state index in [0.29, 0.717) is 6.42 Å². The van der Waals surface area contributed by atoms with Crippen LogP contribution < -0.4 is 10.1 Å². The summed E-state index contributed by atoms with van der Waals surface area (Å²) < 4.78 is 7.63. The van der Waals surface area contributed by atoms with E-state index in [1.165, 1.54) is 22.0 Å². The van der Waals surface area contributed by atoms with E-state index in [-0.39, 0.29) is 17.9 Å². The molecule has 0 spiro atoms. The monoisotopic (exact) mass is 397 g/mol. The first kappa shape index (κ1) is 19.0. The van der Waals surface area contributed by atoms with Gasteiger partial charge in [0, 0.05) is 62.2 Å². The zero-order valence-electron chi connectivity index (χ0n) is 16.6. The Labute approximate surface area is 169 Å². The lowest BCUT2D eigenvalue weighted by Gasteiger charge is -2.19. The first-order chi connectivity index (χ1) is 13.6. The first-order valence-electron chi connectivity index (χ1n) is 9.74. The minimum atomic E-state index is 0.114. The van der Waals surface area contributed by atoms with Crippen LogP contribution in [0.4, 0.5) is 0 Å². The van der Waals surface area contributed by atoms with Gasteiger partial charge in [-0.2, -0.15) is 11.3 Å². The predicted octanol–water partition coefficient (Wildman–Crippen LogP) is 3.74. The molecule has 148 valence electrons. The number of aromatic nitrogens is 1. The molecule has 5 nitrogen and oxygen atoms in total. The average Bonchev–Trinajstić information content (AvgIpc) is 3.42. The van der Waals surface area contributed by atoms with Crippen LogP contribution in [0.2, 0.25) is 0 Å². The molecule has 1 aliphatic heterocycles. The van der Waals surface area contributed by atoms with Gasteiger partial charge in [-0.05, 0) is 46.2 Å². The summed E-state index contributed by atoms with van der Waals surface area (Å²) in [7, 11) is 3.78. The van der Waals surface area contributed by atoms with Crippen LogP contribution in [0.15, 0.2) is 41.2 Å². The van der Waals surface area contributed by atoms with Crippen LogP contribution in [0, 0.1) is 0 Å². The van der Waals surface area contributed by atoms with Crippen molar-refractivity contribution >= 4 is 28.1 Å². The Hall–Kier alpha value is -2.31. The highest BCUT2D eigenvalue weighted by Crippen LogP contribution is 2.36. The molecule has 1 amide bonds. The molecule has 3 aromatic rings. The molecule has 0 aliphatic carbocycles. The number of methoxy groups -OCH3 is 1. The van der Waals surface area contributed by atoms with Gasteiger partial charge >= 0.3 is 0 Å². The largest absolute Gasteiger partial charge is 0.497 e. The number of rotatable bonds is 6. The maximum absolute atomic E-state index is 12.2. The number of hydrogen-bond acceptors (Lipinski definition) is 4. The van der Waals surface area contributed by atoms with Crippen molar-refractivity contribution in [2.75, 3.05) is 20.2 Å². The van der Waals surface area contributed by atoms with E-state index >= 15 is 0 Å². The maximum Gasteiger partial charge on any atom is 0.219 e. The molecule has 3 heterocycles. The maximum atomic E-state index is 12.2. The summed E-state index contributed by atoms with van der Waals surface area (Å²) in [5.41, 5.74) is 3.81. The Bertz CT molecular complexity index is 964.